The maximum atomic E-state index is 12.5. The van der Waals surface area contributed by atoms with E-state index in [9.17, 15) is 4.79 Å². The van der Waals surface area contributed by atoms with Gasteiger partial charge in [-0.25, -0.2) is 0 Å². The van der Waals surface area contributed by atoms with Crippen LogP contribution in [-0.4, -0.2) is 36.5 Å². The van der Waals surface area contributed by atoms with E-state index < -0.39 is 0 Å². The number of carbonyl (C=O) groups excluding carboxylic acids is 1. The first-order valence-electron chi connectivity index (χ1n) is 8.51. The lowest BCUT2D eigenvalue weighted by atomic mass is 9.84. The van der Waals surface area contributed by atoms with Gasteiger partial charge >= 0.3 is 0 Å². The Hall–Kier alpha value is -2.36. The van der Waals surface area contributed by atoms with Crippen molar-refractivity contribution in [3.8, 4) is 16.9 Å². The first kappa shape index (κ1) is 16.1. The number of rotatable bonds is 4. The largest absolute Gasteiger partial charge is 0.447 e. The second-order valence-corrected chi connectivity index (χ2v) is 7.48. The summed E-state index contributed by atoms with van der Waals surface area (Å²) in [4.78, 5) is 14.9. The summed E-state index contributed by atoms with van der Waals surface area (Å²) in [6.45, 7) is 3.30. The van der Waals surface area contributed by atoms with Crippen LogP contribution in [0, 0.1) is 17.2 Å². The van der Waals surface area contributed by atoms with Gasteiger partial charge in [-0.2, -0.15) is 5.26 Å². The van der Waals surface area contributed by atoms with Gasteiger partial charge in [0.05, 0.1) is 5.56 Å². The number of nitrogens with one attached hydrogen (secondary N) is 1. The van der Waals surface area contributed by atoms with Crippen molar-refractivity contribution in [3.05, 3.63) is 46.8 Å². The molecule has 2 aromatic rings. The summed E-state index contributed by atoms with van der Waals surface area (Å²) < 4.78 is 5.71. The molecule has 3 aliphatic heterocycles. The third kappa shape index (κ3) is 3.53. The van der Waals surface area contributed by atoms with Crippen LogP contribution >= 0.6 is 11.3 Å². The fourth-order valence-electron chi connectivity index (χ4n) is 3.60. The molecular formula is C19H19N3O2S. The number of benzene rings is 1. The molecule has 25 heavy (non-hydrogen) atoms. The van der Waals surface area contributed by atoms with Crippen LogP contribution in [-0.2, 0) is 0 Å². The van der Waals surface area contributed by atoms with Gasteiger partial charge in [0, 0.05) is 29.6 Å². The Bertz CT molecular complexity index is 801. The van der Waals surface area contributed by atoms with Crippen molar-refractivity contribution in [1.29, 1.82) is 5.26 Å². The minimum atomic E-state index is -0.0202. The molecule has 0 aliphatic carbocycles. The van der Waals surface area contributed by atoms with Crippen LogP contribution in [0.1, 0.15) is 28.8 Å². The van der Waals surface area contributed by atoms with Gasteiger partial charge in [-0.05, 0) is 56.1 Å². The normalized spacial score (nSPS) is 24.5. The van der Waals surface area contributed by atoms with Crippen molar-refractivity contribution >= 4 is 17.2 Å². The van der Waals surface area contributed by atoms with E-state index in [4.69, 9.17) is 10.00 Å². The van der Waals surface area contributed by atoms with Crippen LogP contribution < -0.4 is 10.1 Å². The number of fused-ring (bicyclic) bond motifs is 3. The van der Waals surface area contributed by atoms with Gasteiger partial charge in [0.25, 0.3) is 5.91 Å². The molecule has 0 saturated carbocycles. The fraction of sp³-hybridized carbons (Fsp3) is 0.368. The first-order chi connectivity index (χ1) is 12.2. The summed E-state index contributed by atoms with van der Waals surface area (Å²) in [5, 5.41) is 14.5. The van der Waals surface area contributed by atoms with Crippen molar-refractivity contribution in [1.82, 2.24) is 10.2 Å². The molecule has 6 heteroatoms. The average Bonchev–Trinajstić information content (AvgIpc) is 3.11. The summed E-state index contributed by atoms with van der Waals surface area (Å²) in [6.07, 6.45) is 2.37. The molecular weight excluding hydrogens is 334 g/mol. The van der Waals surface area contributed by atoms with E-state index in [0.29, 0.717) is 27.9 Å². The Balaban J connectivity index is 1.38. The molecule has 1 amide bonds. The standard InChI is InChI=1S/C19H19N3O2S/c20-10-13-9-18(25-12-13)24-16-3-1-15(2-4-16)19(23)21-17-11-22-7-5-14(17)6-8-22/h1-4,9,12,14,17H,5-8,11H2,(H,21,23)/t17-/m0/s1. The van der Waals surface area contributed by atoms with E-state index in [1.165, 1.54) is 37.3 Å². The van der Waals surface area contributed by atoms with E-state index in [0.717, 1.165) is 6.54 Å². The molecule has 5 rings (SSSR count). The number of thiophene rings is 1. The predicted octanol–water partition coefficient (Wildman–Crippen LogP) is 3.24. The number of nitriles is 1. The van der Waals surface area contributed by atoms with E-state index in [2.05, 4.69) is 16.3 Å². The lowest BCUT2D eigenvalue weighted by Crippen LogP contribution is -2.57. The number of hydrogen-bond acceptors (Lipinski definition) is 5. The van der Waals surface area contributed by atoms with E-state index in [1.807, 2.05) is 0 Å². The van der Waals surface area contributed by atoms with Crippen LogP contribution in [0.5, 0.6) is 10.8 Å². The highest BCUT2D eigenvalue weighted by Gasteiger charge is 2.34. The van der Waals surface area contributed by atoms with E-state index in [1.54, 1.807) is 35.7 Å². The molecule has 3 saturated heterocycles. The fourth-order valence-corrected chi connectivity index (χ4v) is 4.30. The molecule has 1 atom stereocenters. The van der Waals surface area contributed by atoms with Crippen molar-refractivity contribution in [3.63, 3.8) is 0 Å². The highest BCUT2D eigenvalue weighted by molar-refractivity contribution is 7.12. The van der Waals surface area contributed by atoms with Gasteiger partial charge in [0.2, 0.25) is 0 Å². The summed E-state index contributed by atoms with van der Waals surface area (Å²) in [7, 11) is 0. The second kappa shape index (κ2) is 6.87. The average molecular weight is 353 g/mol. The molecule has 2 bridgehead atoms. The SMILES string of the molecule is N#Cc1csc(Oc2ccc(C(=O)N[C@H]3CN4CCC3CC4)cc2)c1. The van der Waals surface area contributed by atoms with Crippen LogP contribution in [0.15, 0.2) is 35.7 Å². The summed E-state index contributed by atoms with van der Waals surface area (Å²) in [5.41, 5.74) is 1.24. The van der Waals surface area contributed by atoms with Crippen molar-refractivity contribution in [2.24, 2.45) is 5.92 Å². The zero-order valence-corrected chi connectivity index (χ0v) is 14.6. The minimum absolute atomic E-state index is 0.0202. The zero-order chi connectivity index (χ0) is 17.2. The molecule has 0 spiro atoms. The molecule has 1 aromatic heterocycles. The van der Waals surface area contributed by atoms with Crippen molar-refractivity contribution in [2.75, 3.05) is 19.6 Å². The van der Waals surface area contributed by atoms with Gasteiger partial charge in [-0.15, -0.1) is 11.3 Å². The highest BCUT2D eigenvalue weighted by Crippen LogP contribution is 2.29. The predicted molar refractivity (Wildman–Crippen MR) is 96.0 cm³/mol. The second-order valence-electron chi connectivity index (χ2n) is 6.61. The summed E-state index contributed by atoms with van der Waals surface area (Å²) in [6, 6.07) is 11.2. The molecule has 4 heterocycles. The molecule has 3 aliphatic rings. The number of piperidine rings is 3. The van der Waals surface area contributed by atoms with E-state index >= 15 is 0 Å². The van der Waals surface area contributed by atoms with Crippen LogP contribution in [0.3, 0.4) is 0 Å². The third-order valence-electron chi connectivity index (χ3n) is 5.01. The third-order valence-corrected chi connectivity index (χ3v) is 5.82. The molecule has 1 N–H and O–H groups in total. The molecule has 1 aromatic carbocycles. The van der Waals surface area contributed by atoms with Gasteiger partial charge in [-0.1, -0.05) is 0 Å². The van der Waals surface area contributed by atoms with Crippen molar-refractivity contribution in [2.45, 2.75) is 18.9 Å². The Morgan fingerprint density at radius 1 is 1.28 bits per heavy atom. The highest BCUT2D eigenvalue weighted by atomic mass is 32.1. The zero-order valence-electron chi connectivity index (χ0n) is 13.8. The Morgan fingerprint density at radius 2 is 2.04 bits per heavy atom. The van der Waals surface area contributed by atoms with Gasteiger partial charge < -0.3 is 15.0 Å². The monoisotopic (exact) mass is 353 g/mol. The summed E-state index contributed by atoms with van der Waals surface area (Å²) >= 11 is 1.38. The van der Waals surface area contributed by atoms with Crippen LogP contribution in [0.25, 0.3) is 0 Å². The minimum Gasteiger partial charge on any atom is -0.447 e. The van der Waals surface area contributed by atoms with Crippen LogP contribution in [0.4, 0.5) is 0 Å². The van der Waals surface area contributed by atoms with Gasteiger partial charge in [-0.3, -0.25) is 4.79 Å². The van der Waals surface area contributed by atoms with Gasteiger partial charge in [0.15, 0.2) is 5.06 Å². The molecule has 5 nitrogen and oxygen atoms in total. The Kier molecular flexibility index (Phi) is 4.43. The lowest BCUT2D eigenvalue weighted by molar-refractivity contribution is 0.0620. The smallest absolute Gasteiger partial charge is 0.251 e. The van der Waals surface area contributed by atoms with Crippen molar-refractivity contribution < 1.29 is 9.53 Å². The molecule has 128 valence electrons. The molecule has 0 radical (unpaired) electrons. The number of carbonyl (C=O) groups is 1. The maximum Gasteiger partial charge on any atom is 0.251 e. The Labute approximate surface area is 150 Å². The van der Waals surface area contributed by atoms with Crippen LogP contribution in [0.2, 0.25) is 0 Å². The first-order valence-corrected chi connectivity index (χ1v) is 9.39. The number of hydrogen-bond donors (Lipinski definition) is 1. The number of amides is 1. The quantitative estimate of drug-likeness (QED) is 0.916. The number of ether oxygens (including phenoxy) is 1. The molecule has 3 fully saturated rings. The van der Waals surface area contributed by atoms with E-state index in [-0.39, 0.29) is 11.9 Å². The Morgan fingerprint density at radius 3 is 2.64 bits per heavy atom. The maximum absolute atomic E-state index is 12.5. The summed E-state index contributed by atoms with van der Waals surface area (Å²) in [5.74, 6) is 1.25. The molecule has 0 unspecified atom stereocenters. The topological polar surface area (TPSA) is 65.4 Å². The lowest BCUT2D eigenvalue weighted by Gasteiger charge is -2.44. The number of nitrogens with zero attached hydrogens (tertiary/aromatic N) is 2. The van der Waals surface area contributed by atoms with Gasteiger partial charge in [0.1, 0.15) is 11.8 Å².